The van der Waals surface area contributed by atoms with E-state index in [-0.39, 0.29) is 36.9 Å². The second kappa shape index (κ2) is 12.5. The van der Waals surface area contributed by atoms with Crippen molar-refractivity contribution < 1.29 is 50.5 Å². The number of carboxylic acid groups (broad SMARTS) is 1. The van der Waals surface area contributed by atoms with E-state index in [1.807, 2.05) is 0 Å². The number of carbonyl (C=O) groups is 1. The fourth-order valence-corrected chi connectivity index (χ4v) is 4.78. The normalized spacial score (nSPS) is 20.9. The van der Waals surface area contributed by atoms with Gasteiger partial charge in [0.05, 0.1) is 24.2 Å². The van der Waals surface area contributed by atoms with Crippen LogP contribution in [0.2, 0.25) is 0 Å². The highest BCUT2D eigenvalue weighted by molar-refractivity contribution is 5.70. The van der Waals surface area contributed by atoms with Crippen molar-refractivity contribution in [2.75, 3.05) is 39.6 Å². The molecule has 2 heterocycles. The van der Waals surface area contributed by atoms with Gasteiger partial charge in [0.15, 0.2) is 6.10 Å². The Hall–Kier alpha value is -2.99. The van der Waals surface area contributed by atoms with Gasteiger partial charge in [-0.05, 0) is 49.2 Å². The Morgan fingerprint density at radius 1 is 1.15 bits per heavy atom. The molecule has 0 saturated carbocycles. The minimum atomic E-state index is -4.83. The van der Waals surface area contributed by atoms with Crippen LogP contribution < -0.4 is 4.74 Å². The average Bonchev–Trinajstić information content (AvgIpc) is 2.91. The Bertz CT molecular complexity index is 1140. The van der Waals surface area contributed by atoms with E-state index < -0.39 is 54.8 Å². The molecular weight excluding hydrogens is 532 g/mol. The number of rotatable bonds is 10. The summed E-state index contributed by atoms with van der Waals surface area (Å²) < 4.78 is 97.3. The van der Waals surface area contributed by atoms with Crippen molar-refractivity contribution in [2.45, 2.75) is 44.3 Å². The van der Waals surface area contributed by atoms with E-state index in [0.29, 0.717) is 38.0 Å². The molecule has 12 heteroatoms. The first-order valence-corrected chi connectivity index (χ1v) is 12.5. The molecular formula is C27H29F6NO5. The van der Waals surface area contributed by atoms with Gasteiger partial charge in [-0.3, -0.25) is 9.69 Å². The van der Waals surface area contributed by atoms with Crippen LogP contribution in [0.4, 0.5) is 26.3 Å². The molecule has 0 spiro atoms. The van der Waals surface area contributed by atoms with Crippen LogP contribution in [0.25, 0.3) is 0 Å². The number of ether oxygens (including phenoxy) is 3. The maximum absolute atomic E-state index is 14.9. The molecule has 0 aromatic heterocycles. The maximum atomic E-state index is 14.9. The minimum Gasteiger partial charge on any atom is -0.493 e. The third kappa shape index (κ3) is 7.36. The van der Waals surface area contributed by atoms with Gasteiger partial charge >= 0.3 is 12.1 Å². The summed E-state index contributed by atoms with van der Waals surface area (Å²) in [7, 11) is 0. The fourth-order valence-electron chi connectivity index (χ4n) is 4.78. The van der Waals surface area contributed by atoms with E-state index in [4.69, 9.17) is 19.3 Å². The Balaban J connectivity index is 1.40. The first kappa shape index (κ1) is 29.0. The van der Waals surface area contributed by atoms with Crippen molar-refractivity contribution in [2.24, 2.45) is 5.92 Å². The lowest BCUT2D eigenvalue weighted by Gasteiger charge is -2.34. The van der Waals surface area contributed by atoms with Gasteiger partial charge in [-0.25, -0.2) is 13.2 Å². The molecule has 1 fully saturated rings. The topological polar surface area (TPSA) is 68.2 Å². The van der Waals surface area contributed by atoms with Gasteiger partial charge in [-0.2, -0.15) is 13.2 Å². The highest BCUT2D eigenvalue weighted by atomic mass is 19.4. The molecule has 1 saturated heterocycles. The number of piperidine rings is 1. The Kier molecular flexibility index (Phi) is 9.27. The molecule has 2 aliphatic heterocycles. The van der Waals surface area contributed by atoms with Crippen molar-refractivity contribution in [3.63, 3.8) is 0 Å². The van der Waals surface area contributed by atoms with Crippen LogP contribution in [0.1, 0.15) is 30.4 Å². The lowest BCUT2D eigenvalue weighted by atomic mass is 9.93. The van der Waals surface area contributed by atoms with Gasteiger partial charge in [-0.15, -0.1) is 0 Å². The highest BCUT2D eigenvalue weighted by Gasteiger charge is 2.36. The Morgan fingerprint density at radius 3 is 2.51 bits per heavy atom. The maximum Gasteiger partial charge on any atom is 0.419 e. The van der Waals surface area contributed by atoms with Crippen LogP contribution >= 0.6 is 0 Å². The fraction of sp³-hybridized carbons (Fsp3) is 0.519. The largest absolute Gasteiger partial charge is 0.493 e. The summed E-state index contributed by atoms with van der Waals surface area (Å²) in [5.41, 5.74) is 0.149. The van der Waals surface area contributed by atoms with Crippen LogP contribution in [-0.4, -0.2) is 67.8 Å². The predicted molar refractivity (Wildman–Crippen MR) is 128 cm³/mol. The smallest absolute Gasteiger partial charge is 0.419 e. The molecule has 3 aliphatic rings. The molecule has 6 nitrogen and oxygen atoms in total. The number of halogens is 6. The van der Waals surface area contributed by atoms with Crippen LogP contribution in [0.5, 0.6) is 5.75 Å². The SMILES string of the molecule is O=C(O)C1CCN(CC2=CC3=C(F)C=C(OCc4ccc(OC(CF)CF)c(C(F)(F)F)c4)CC3OC2)CC1. The van der Waals surface area contributed by atoms with Crippen LogP contribution in [-0.2, 0) is 27.1 Å². The summed E-state index contributed by atoms with van der Waals surface area (Å²) in [6.45, 7) is -0.782. The molecule has 1 aliphatic carbocycles. The van der Waals surface area contributed by atoms with Crippen LogP contribution in [0, 0.1) is 5.92 Å². The molecule has 0 amide bonds. The number of nitrogens with zero attached hydrogens (tertiary/aromatic N) is 1. The molecule has 1 unspecified atom stereocenters. The molecule has 1 N–H and O–H groups in total. The van der Waals surface area contributed by atoms with Crippen molar-refractivity contribution in [3.8, 4) is 5.75 Å². The standard InChI is InChI=1S/C27H29F6NO5/c28-11-20(12-29)39-24-2-1-16(8-22(24)27(31,32)33)14-37-19-9-23(30)21-7-17(15-38-25(21)10-19)13-34-5-3-18(4-6-34)26(35)36/h1-2,7-9,18,20,25H,3-6,10-15H2,(H,35,36). The number of allylic oxidation sites excluding steroid dienone is 2. The molecule has 39 heavy (non-hydrogen) atoms. The first-order valence-electron chi connectivity index (χ1n) is 12.5. The first-order chi connectivity index (χ1) is 18.6. The predicted octanol–water partition coefficient (Wildman–Crippen LogP) is 5.54. The van der Waals surface area contributed by atoms with Crippen molar-refractivity contribution in [1.82, 2.24) is 4.90 Å². The zero-order chi connectivity index (χ0) is 28.2. The summed E-state index contributed by atoms with van der Waals surface area (Å²) in [5.74, 6) is -2.18. The second-order valence-corrected chi connectivity index (χ2v) is 9.77. The van der Waals surface area contributed by atoms with Crippen molar-refractivity contribution in [3.05, 3.63) is 64.2 Å². The lowest BCUT2D eigenvalue weighted by Crippen LogP contribution is -2.38. The number of alkyl halides is 5. The quantitative estimate of drug-likeness (QED) is 0.379. The number of hydrogen-bond acceptors (Lipinski definition) is 5. The van der Waals surface area contributed by atoms with Gasteiger partial charge < -0.3 is 19.3 Å². The number of fused-ring (bicyclic) bond motifs is 1. The molecule has 0 bridgehead atoms. The third-order valence-electron chi connectivity index (χ3n) is 6.90. The van der Waals surface area contributed by atoms with Gasteiger partial charge in [0.2, 0.25) is 0 Å². The summed E-state index contributed by atoms with van der Waals surface area (Å²) >= 11 is 0. The summed E-state index contributed by atoms with van der Waals surface area (Å²) in [5, 5.41) is 9.14. The molecule has 1 aromatic carbocycles. The van der Waals surface area contributed by atoms with E-state index in [1.54, 1.807) is 6.08 Å². The van der Waals surface area contributed by atoms with Crippen LogP contribution in [0.15, 0.2) is 53.1 Å². The summed E-state index contributed by atoms with van der Waals surface area (Å²) in [6.07, 6.45) is -2.84. The minimum absolute atomic E-state index is 0.112. The zero-order valence-electron chi connectivity index (χ0n) is 21.0. The number of hydrogen-bond donors (Lipinski definition) is 1. The van der Waals surface area contributed by atoms with Crippen LogP contribution in [0.3, 0.4) is 0 Å². The van der Waals surface area contributed by atoms with E-state index in [2.05, 4.69) is 4.90 Å². The van der Waals surface area contributed by atoms with Crippen molar-refractivity contribution in [1.29, 1.82) is 0 Å². The van der Waals surface area contributed by atoms with Gasteiger partial charge in [-0.1, -0.05) is 12.1 Å². The number of benzene rings is 1. The summed E-state index contributed by atoms with van der Waals surface area (Å²) in [6, 6.07) is 3.04. The molecule has 214 valence electrons. The molecule has 1 atom stereocenters. The lowest BCUT2D eigenvalue weighted by molar-refractivity contribution is -0.143. The molecule has 0 radical (unpaired) electrons. The van der Waals surface area contributed by atoms with E-state index >= 15 is 0 Å². The second-order valence-electron chi connectivity index (χ2n) is 9.77. The molecule has 1 aromatic rings. The number of aliphatic carboxylic acids is 1. The summed E-state index contributed by atoms with van der Waals surface area (Å²) in [4.78, 5) is 13.2. The zero-order valence-corrected chi connectivity index (χ0v) is 21.0. The Morgan fingerprint density at radius 2 is 1.87 bits per heavy atom. The highest BCUT2D eigenvalue weighted by Crippen LogP contribution is 2.38. The number of likely N-dealkylation sites (tertiary alicyclic amines) is 1. The third-order valence-corrected chi connectivity index (χ3v) is 6.90. The Labute approximate surface area is 221 Å². The van der Waals surface area contributed by atoms with E-state index in [9.17, 15) is 31.1 Å². The van der Waals surface area contributed by atoms with E-state index in [0.717, 1.165) is 17.7 Å². The molecule has 4 rings (SSSR count). The van der Waals surface area contributed by atoms with Crippen molar-refractivity contribution >= 4 is 5.97 Å². The van der Waals surface area contributed by atoms with E-state index in [1.165, 1.54) is 12.1 Å². The van der Waals surface area contributed by atoms with Gasteiger partial charge in [0.25, 0.3) is 0 Å². The monoisotopic (exact) mass is 561 g/mol. The van der Waals surface area contributed by atoms with Gasteiger partial charge in [0, 0.05) is 24.6 Å². The van der Waals surface area contributed by atoms with Gasteiger partial charge in [0.1, 0.15) is 37.3 Å². The average molecular weight is 562 g/mol. The number of carboxylic acids is 1.